The Labute approximate surface area is 201 Å². The first-order chi connectivity index (χ1) is 16.2. The maximum atomic E-state index is 12.5. The number of piperazine rings is 1. The van der Waals surface area contributed by atoms with Crippen LogP contribution >= 0.6 is 11.6 Å². The van der Waals surface area contributed by atoms with E-state index in [2.05, 4.69) is 32.1 Å². The molecule has 0 spiro atoms. The van der Waals surface area contributed by atoms with Crippen LogP contribution in [0.2, 0.25) is 5.02 Å². The maximum absolute atomic E-state index is 12.5. The highest BCUT2D eigenvalue weighted by Crippen LogP contribution is 2.23. The molecule has 0 unspecified atom stereocenters. The highest BCUT2D eigenvalue weighted by molar-refractivity contribution is 6.32. The number of halogens is 1. The van der Waals surface area contributed by atoms with Gasteiger partial charge in [-0.15, -0.1) is 0 Å². The summed E-state index contributed by atoms with van der Waals surface area (Å²) in [6.07, 6.45) is 0. The van der Waals surface area contributed by atoms with Gasteiger partial charge in [0.05, 0.1) is 24.8 Å². The molecule has 2 fully saturated rings. The minimum Gasteiger partial charge on any atom is -0.491 e. The zero-order valence-electron chi connectivity index (χ0n) is 19.0. The Morgan fingerprint density at radius 1 is 0.909 bits per heavy atom. The molecule has 2 aliphatic heterocycles. The van der Waals surface area contributed by atoms with E-state index in [0.29, 0.717) is 18.2 Å². The lowest BCUT2D eigenvalue weighted by Gasteiger charge is -2.34. The summed E-state index contributed by atoms with van der Waals surface area (Å²) in [7, 11) is 0. The molecular weight excluding hydrogens is 440 g/mol. The van der Waals surface area contributed by atoms with Crippen LogP contribution in [0.1, 0.15) is 5.56 Å². The second-order valence-electron chi connectivity index (χ2n) is 8.53. The molecular formula is C25H33ClN4O3. The summed E-state index contributed by atoms with van der Waals surface area (Å²) in [4.78, 5) is 19.5. The van der Waals surface area contributed by atoms with E-state index in [0.717, 1.165) is 77.0 Å². The van der Waals surface area contributed by atoms with Crippen molar-refractivity contribution in [2.75, 3.05) is 77.5 Å². The second kappa shape index (κ2) is 12.3. The van der Waals surface area contributed by atoms with E-state index in [4.69, 9.17) is 21.1 Å². The fraction of sp³-hybridized carbons (Fsp3) is 0.480. The van der Waals surface area contributed by atoms with Gasteiger partial charge in [-0.25, -0.2) is 0 Å². The van der Waals surface area contributed by atoms with Gasteiger partial charge in [0.25, 0.3) is 0 Å². The van der Waals surface area contributed by atoms with Crippen LogP contribution in [-0.2, 0) is 16.1 Å². The number of carbonyl (C=O) groups excluding carboxylic acids is 1. The monoisotopic (exact) mass is 472 g/mol. The quantitative estimate of drug-likeness (QED) is 0.605. The molecule has 8 heteroatoms. The highest BCUT2D eigenvalue weighted by Gasteiger charge is 2.19. The number of amides is 1. The third-order valence-corrected chi connectivity index (χ3v) is 6.39. The third kappa shape index (κ3) is 7.69. The molecule has 2 aromatic carbocycles. The van der Waals surface area contributed by atoms with Gasteiger partial charge in [0.2, 0.25) is 5.91 Å². The average Bonchev–Trinajstić information content (AvgIpc) is 2.83. The Hall–Kier alpha value is -2.16. The van der Waals surface area contributed by atoms with Gasteiger partial charge in [-0.3, -0.25) is 19.5 Å². The molecule has 4 rings (SSSR count). The Morgan fingerprint density at radius 2 is 1.61 bits per heavy atom. The first-order valence-electron chi connectivity index (χ1n) is 11.7. The van der Waals surface area contributed by atoms with Crippen molar-refractivity contribution < 1.29 is 14.3 Å². The molecule has 0 saturated carbocycles. The summed E-state index contributed by atoms with van der Waals surface area (Å²) in [5, 5.41) is 3.67. The van der Waals surface area contributed by atoms with Crippen LogP contribution in [0.5, 0.6) is 5.75 Å². The normalized spacial score (nSPS) is 18.2. The maximum Gasteiger partial charge on any atom is 0.238 e. The Balaban J connectivity index is 1.12. The molecule has 0 radical (unpaired) electrons. The number of hydrogen-bond acceptors (Lipinski definition) is 6. The molecule has 2 aromatic rings. The van der Waals surface area contributed by atoms with Crippen LogP contribution in [-0.4, -0.2) is 92.8 Å². The van der Waals surface area contributed by atoms with Crippen LogP contribution in [0.3, 0.4) is 0 Å². The van der Waals surface area contributed by atoms with E-state index in [1.807, 2.05) is 36.4 Å². The third-order valence-electron chi connectivity index (χ3n) is 6.08. The molecule has 2 heterocycles. The van der Waals surface area contributed by atoms with E-state index < -0.39 is 0 Å². The first-order valence-corrected chi connectivity index (χ1v) is 12.0. The van der Waals surface area contributed by atoms with Crippen molar-refractivity contribution in [3.8, 4) is 5.75 Å². The largest absolute Gasteiger partial charge is 0.491 e. The predicted octanol–water partition coefficient (Wildman–Crippen LogP) is 2.81. The summed E-state index contributed by atoms with van der Waals surface area (Å²) in [6.45, 7) is 9.94. The summed E-state index contributed by atoms with van der Waals surface area (Å²) >= 11 is 6.13. The number of morpholine rings is 1. The van der Waals surface area contributed by atoms with Gasteiger partial charge >= 0.3 is 0 Å². The van der Waals surface area contributed by atoms with Crippen molar-refractivity contribution in [1.82, 2.24) is 14.7 Å². The number of hydrogen-bond donors (Lipinski definition) is 1. The van der Waals surface area contributed by atoms with Gasteiger partial charge in [0.15, 0.2) is 0 Å². The van der Waals surface area contributed by atoms with Crippen molar-refractivity contribution in [1.29, 1.82) is 0 Å². The number of rotatable bonds is 9. The second-order valence-corrected chi connectivity index (χ2v) is 8.94. The van der Waals surface area contributed by atoms with E-state index in [1.165, 1.54) is 5.56 Å². The van der Waals surface area contributed by atoms with E-state index in [-0.39, 0.29) is 5.91 Å². The summed E-state index contributed by atoms with van der Waals surface area (Å²) in [5.41, 5.74) is 2.10. The minimum atomic E-state index is 0.0337. The molecule has 2 aliphatic rings. The fourth-order valence-corrected chi connectivity index (χ4v) is 4.32. The van der Waals surface area contributed by atoms with Crippen molar-refractivity contribution in [3.05, 3.63) is 59.1 Å². The number of nitrogens with one attached hydrogen (secondary N) is 1. The van der Waals surface area contributed by atoms with Crippen LogP contribution in [0, 0.1) is 0 Å². The molecule has 178 valence electrons. The van der Waals surface area contributed by atoms with Crippen molar-refractivity contribution in [2.45, 2.75) is 6.54 Å². The number of para-hydroxylation sites is 1. The van der Waals surface area contributed by atoms with Gasteiger partial charge in [0, 0.05) is 58.0 Å². The molecule has 0 bridgehead atoms. The lowest BCUT2D eigenvalue weighted by molar-refractivity contribution is -0.117. The molecule has 7 nitrogen and oxygen atoms in total. The molecule has 1 amide bonds. The van der Waals surface area contributed by atoms with Gasteiger partial charge in [-0.05, 0) is 29.8 Å². The Morgan fingerprint density at radius 3 is 2.33 bits per heavy atom. The fourth-order valence-electron chi connectivity index (χ4n) is 4.13. The summed E-state index contributed by atoms with van der Waals surface area (Å²) in [5.74, 6) is 0.759. The average molecular weight is 473 g/mol. The van der Waals surface area contributed by atoms with Crippen LogP contribution in [0.15, 0.2) is 48.5 Å². The molecule has 33 heavy (non-hydrogen) atoms. The first kappa shape index (κ1) is 24.0. The van der Waals surface area contributed by atoms with E-state index >= 15 is 0 Å². The predicted molar refractivity (Wildman–Crippen MR) is 131 cm³/mol. The Kier molecular flexibility index (Phi) is 8.97. The molecule has 2 saturated heterocycles. The highest BCUT2D eigenvalue weighted by atomic mass is 35.5. The van der Waals surface area contributed by atoms with Crippen molar-refractivity contribution in [2.24, 2.45) is 0 Å². The SMILES string of the molecule is O=C(CN1CCN(CCOc2ccccc2Cl)CC1)Nc1ccc(CN2CCOCC2)cc1. The van der Waals surface area contributed by atoms with Gasteiger partial charge in [-0.1, -0.05) is 35.9 Å². The Bertz CT molecular complexity index is 881. The number of nitrogens with zero attached hydrogens (tertiary/aromatic N) is 3. The van der Waals surface area contributed by atoms with Crippen molar-refractivity contribution in [3.63, 3.8) is 0 Å². The smallest absolute Gasteiger partial charge is 0.238 e. The molecule has 0 atom stereocenters. The lowest BCUT2D eigenvalue weighted by Crippen LogP contribution is -2.49. The molecule has 0 aromatic heterocycles. The standard InChI is InChI=1S/C25H33ClN4O3/c26-23-3-1-2-4-24(23)33-18-15-28-9-11-29(12-10-28)20-25(31)27-22-7-5-21(6-8-22)19-30-13-16-32-17-14-30/h1-8H,9-20H2,(H,27,31). The van der Waals surface area contributed by atoms with Gasteiger partial charge in [0.1, 0.15) is 12.4 Å². The lowest BCUT2D eigenvalue weighted by atomic mass is 10.2. The number of ether oxygens (including phenoxy) is 2. The minimum absolute atomic E-state index is 0.0337. The number of anilines is 1. The summed E-state index contributed by atoms with van der Waals surface area (Å²) < 4.78 is 11.2. The zero-order chi connectivity index (χ0) is 22.9. The molecule has 1 N–H and O–H groups in total. The van der Waals surface area contributed by atoms with Gasteiger partial charge < -0.3 is 14.8 Å². The number of benzene rings is 2. The van der Waals surface area contributed by atoms with E-state index in [1.54, 1.807) is 0 Å². The number of carbonyl (C=O) groups is 1. The summed E-state index contributed by atoms with van der Waals surface area (Å²) in [6, 6.07) is 15.7. The van der Waals surface area contributed by atoms with Crippen LogP contribution in [0.25, 0.3) is 0 Å². The van der Waals surface area contributed by atoms with Gasteiger partial charge in [-0.2, -0.15) is 0 Å². The van der Waals surface area contributed by atoms with Crippen molar-refractivity contribution >= 4 is 23.2 Å². The van der Waals surface area contributed by atoms with Crippen LogP contribution in [0.4, 0.5) is 5.69 Å². The molecule has 0 aliphatic carbocycles. The zero-order valence-corrected chi connectivity index (χ0v) is 19.8. The van der Waals surface area contributed by atoms with E-state index in [9.17, 15) is 4.79 Å². The van der Waals surface area contributed by atoms with Crippen LogP contribution < -0.4 is 10.1 Å². The topological polar surface area (TPSA) is 57.3 Å².